The van der Waals surface area contributed by atoms with Gasteiger partial charge in [-0.3, -0.25) is 0 Å². The van der Waals surface area contributed by atoms with E-state index >= 15 is 0 Å². The summed E-state index contributed by atoms with van der Waals surface area (Å²) in [6, 6.07) is 6.38. The van der Waals surface area contributed by atoms with E-state index in [2.05, 4.69) is 44.3 Å². The molecule has 0 aliphatic rings. The average molecular weight is 261 g/mol. The Kier molecular flexibility index (Phi) is 4.27. The molecule has 104 valence electrons. The summed E-state index contributed by atoms with van der Waals surface area (Å²) >= 11 is 0. The Balaban J connectivity index is 2.24. The lowest BCUT2D eigenvalue weighted by atomic mass is 9.86. The predicted molar refractivity (Wildman–Crippen MR) is 78.5 cm³/mol. The molecule has 0 saturated carbocycles. The number of ether oxygens (including phenoxy) is 1. The van der Waals surface area contributed by atoms with Gasteiger partial charge in [0.1, 0.15) is 5.58 Å². The summed E-state index contributed by atoms with van der Waals surface area (Å²) in [6.07, 6.45) is 1.86. The van der Waals surface area contributed by atoms with Crippen molar-refractivity contribution in [3.05, 3.63) is 35.6 Å². The molecular weight excluding hydrogens is 238 g/mol. The van der Waals surface area contributed by atoms with Crippen LogP contribution in [0.25, 0.3) is 11.0 Å². The molecule has 0 atom stereocenters. The molecule has 19 heavy (non-hydrogen) atoms. The third-order valence-electron chi connectivity index (χ3n) is 3.29. The van der Waals surface area contributed by atoms with Gasteiger partial charge in [0.15, 0.2) is 0 Å². The van der Waals surface area contributed by atoms with Crippen LogP contribution in [0.5, 0.6) is 0 Å². The Morgan fingerprint density at radius 1 is 1.26 bits per heavy atom. The van der Waals surface area contributed by atoms with Gasteiger partial charge in [0.2, 0.25) is 0 Å². The maximum Gasteiger partial charge on any atom is 0.137 e. The third-order valence-corrected chi connectivity index (χ3v) is 3.29. The van der Waals surface area contributed by atoms with Gasteiger partial charge >= 0.3 is 0 Å². The molecule has 0 amide bonds. The van der Waals surface area contributed by atoms with Crippen LogP contribution in [0.4, 0.5) is 0 Å². The number of methoxy groups -OCH3 is 1. The highest BCUT2D eigenvalue weighted by molar-refractivity contribution is 5.84. The van der Waals surface area contributed by atoms with Crippen molar-refractivity contribution in [1.82, 2.24) is 5.32 Å². The van der Waals surface area contributed by atoms with Crippen molar-refractivity contribution in [1.29, 1.82) is 0 Å². The summed E-state index contributed by atoms with van der Waals surface area (Å²) in [7, 11) is 1.71. The van der Waals surface area contributed by atoms with Gasteiger partial charge in [0.25, 0.3) is 0 Å². The number of rotatable bonds is 5. The van der Waals surface area contributed by atoms with E-state index in [1.807, 2.05) is 6.26 Å². The summed E-state index contributed by atoms with van der Waals surface area (Å²) in [5, 5.41) is 4.56. The van der Waals surface area contributed by atoms with Crippen molar-refractivity contribution >= 4 is 11.0 Å². The summed E-state index contributed by atoms with van der Waals surface area (Å²) in [6.45, 7) is 9.01. The molecule has 0 aliphatic carbocycles. The Morgan fingerprint density at radius 3 is 2.74 bits per heavy atom. The fourth-order valence-corrected chi connectivity index (χ4v) is 2.24. The maximum atomic E-state index is 5.79. The van der Waals surface area contributed by atoms with Crippen LogP contribution in [-0.2, 0) is 16.7 Å². The molecule has 0 fully saturated rings. The summed E-state index contributed by atoms with van der Waals surface area (Å²) in [5.74, 6) is 0. The molecule has 0 saturated heterocycles. The van der Waals surface area contributed by atoms with Crippen molar-refractivity contribution < 1.29 is 9.15 Å². The first-order chi connectivity index (χ1) is 9.04. The first-order valence-corrected chi connectivity index (χ1v) is 6.73. The first kappa shape index (κ1) is 14.1. The summed E-state index contributed by atoms with van der Waals surface area (Å²) < 4.78 is 10.8. The second kappa shape index (κ2) is 5.76. The number of furan rings is 1. The Hall–Kier alpha value is -1.32. The second-order valence-corrected chi connectivity index (χ2v) is 5.86. The van der Waals surface area contributed by atoms with Crippen LogP contribution >= 0.6 is 0 Å². The average Bonchev–Trinajstić information content (AvgIpc) is 2.76. The number of nitrogens with one attached hydrogen (secondary N) is 1. The highest BCUT2D eigenvalue weighted by Gasteiger charge is 2.19. The minimum absolute atomic E-state index is 0.0953. The van der Waals surface area contributed by atoms with Gasteiger partial charge in [-0.15, -0.1) is 0 Å². The topological polar surface area (TPSA) is 34.4 Å². The van der Waals surface area contributed by atoms with Gasteiger partial charge < -0.3 is 14.5 Å². The smallest absolute Gasteiger partial charge is 0.137 e. The molecular formula is C16H23NO2. The molecule has 0 unspecified atom stereocenters. The molecule has 0 radical (unpaired) electrons. The third kappa shape index (κ3) is 3.17. The molecule has 3 nitrogen and oxygen atoms in total. The predicted octanol–water partition coefficient (Wildman–Crippen LogP) is 3.47. The maximum absolute atomic E-state index is 5.79. The van der Waals surface area contributed by atoms with Crippen LogP contribution in [0.15, 0.2) is 28.9 Å². The number of hydrogen-bond donors (Lipinski definition) is 1. The van der Waals surface area contributed by atoms with Crippen LogP contribution in [0.1, 0.15) is 31.9 Å². The zero-order chi connectivity index (χ0) is 13.9. The zero-order valence-electron chi connectivity index (χ0n) is 12.2. The van der Waals surface area contributed by atoms with Crippen molar-refractivity contribution in [2.45, 2.75) is 32.7 Å². The molecule has 0 aliphatic heterocycles. The normalized spacial score (nSPS) is 12.2. The van der Waals surface area contributed by atoms with E-state index in [-0.39, 0.29) is 5.41 Å². The van der Waals surface area contributed by atoms with E-state index in [0.29, 0.717) is 0 Å². The molecule has 1 heterocycles. The number of benzene rings is 1. The molecule has 1 aromatic heterocycles. The van der Waals surface area contributed by atoms with Crippen LogP contribution in [-0.4, -0.2) is 20.3 Å². The van der Waals surface area contributed by atoms with E-state index in [9.17, 15) is 0 Å². The monoisotopic (exact) mass is 261 g/mol. The highest BCUT2D eigenvalue weighted by Crippen LogP contribution is 2.32. The van der Waals surface area contributed by atoms with Gasteiger partial charge in [0.05, 0.1) is 12.9 Å². The van der Waals surface area contributed by atoms with E-state index < -0.39 is 0 Å². The van der Waals surface area contributed by atoms with Crippen LogP contribution in [0.2, 0.25) is 0 Å². The SMILES string of the molecule is COCCNCc1coc2c(C(C)(C)C)cccc12. The van der Waals surface area contributed by atoms with Gasteiger partial charge in [-0.05, 0) is 5.41 Å². The van der Waals surface area contributed by atoms with Crippen molar-refractivity contribution in [3.63, 3.8) is 0 Å². The summed E-state index contributed by atoms with van der Waals surface area (Å²) in [4.78, 5) is 0. The van der Waals surface area contributed by atoms with Crippen LogP contribution in [0.3, 0.4) is 0 Å². The fourth-order valence-electron chi connectivity index (χ4n) is 2.24. The zero-order valence-corrected chi connectivity index (χ0v) is 12.2. The quantitative estimate of drug-likeness (QED) is 0.837. The molecule has 0 bridgehead atoms. The number of para-hydroxylation sites is 1. The Morgan fingerprint density at radius 2 is 2.05 bits per heavy atom. The number of fused-ring (bicyclic) bond motifs is 1. The van der Waals surface area contributed by atoms with E-state index in [4.69, 9.17) is 9.15 Å². The summed E-state index contributed by atoms with van der Waals surface area (Å²) in [5.41, 5.74) is 3.57. The van der Waals surface area contributed by atoms with Crippen LogP contribution in [0, 0.1) is 0 Å². The van der Waals surface area contributed by atoms with Gasteiger partial charge in [-0.25, -0.2) is 0 Å². The van der Waals surface area contributed by atoms with E-state index in [1.165, 1.54) is 16.5 Å². The lowest BCUT2D eigenvalue weighted by Gasteiger charge is -2.18. The molecule has 2 aromatic rings. The first-order valence-electron chi connectivity index (χ1n) is 6.73. The van der Waals surface area contributed by atoms with Gasteiger partial charge in [0, 0.05) is 36.7 Å². The molecule has 2 rings (SSSR count). The van der Waals surface area contributed by atoms with Crippen molar-refractivity contribution in [2.24, 2.45) is 0 Å². The van der Waals surface area contributed by atoms with E-state index in [0.717, 1.165) is 25.3 Å². The van der Waals surface area contributed by atoms with Gasteiger partial charge in [-0.1, -0.05) is 39.0 Å². The second-order valence-electron chi connectivity index (χ2n) is 5.86. The number of hydrogen-bond acceptors (Lipinski definition) is 3. The van der Waals surface area contributed by atoms with Crippen molar-refractivity contribution in [3.8, 4) is 0 Å². The van der Waals surface area contributed by atoms with Crippen molar-refractivity contribution in [2.75, 3.05) is 20.3 Å². The lowest BCUT2D eigenvalue weighted by Crippen LogP contribution is -2.18. The standard InChI is InChI=1S/C16H23NO2/c1-16(2,3)14-7-5-6-13-12(11-19-15(13)14)10-17-8-9-18-4/h5-7,11,17H,8-10H2,1-4H3. The minimum atomic E-state index is 0.0953. The highest BCUT2D eigenvalue weighted by atomic mass is 16.5. The Bertz CT molecular complexity index is 537. The molecule has 0 spiro atoms. The molecule has 1 aromatic carbocycles. The molecule has 1 N–H and O–H groups in total. The Labute approximate surface area is 114 Å². The largest absolute Gasteiger partial charge is 0.464 e. The lowest BCUT2D eigenvalue weighted by molar-refractivity contribution is 0.199. The van der Waals surface area contributed by atoms with Crippen LogP contribution < -0.4 is 5.32 Å². The minimum Gasteiger partial charge on any atom is -0.464 e. The van der Waals surface area contributed by atoms with Gasteiger partial charge in [-0.2, -0.15) is 0 Å². The molecule has 3 heteroatoms. The fraction of sp³-hybridized carbons (Fsp3) is 0.500. The van der Waals surface area contributed by atoms with E-state index in [1.54, 1.807) is 7.11 Å².